The minimum absolute atomic E-state index is 0.169. The molecule has 7 nitrogen and oxygen atoms in total. The van der Waals surface area contributed by atoms with Crippen molar-refractivity contribution in [2.75, 3.05) is 14.2 Å². The van der Waals surface area contributed by atoms with Crippen LogP contribution in [0, 0.1) is 12.3 Å². The molecule has 1 aromatic carbocycles. The van der Waals surface area contributed by atoms with Crippen LogP contribution in [-0.2, 0) is 6.54 Å². The number of terminal acetylenes is 1. The van der Waals surface area contributed by atoms with Crippen molar-refractivity contribution in [2.24, 2.45) is 4.99 Å². The van der Waals surface area contributed by atoms with Gasteiger partial charge in [0.2, 0.25) is 0 Å². The molecule has 0 atom stereocenters. The summed E-state index contributed by atoms with van der Waals surface area (Å²) in [5.74, 6) is 3.39. The molecule has 140 valence electrons. The highest BCUT2D eigenvalue weighted by Crippen LogP contribution is 2.33. The lowest BCUT2D eigenvalue weighted by Crippen LogP contribution is -2.17. The Kier molecular flexibility index (Phi) is 5.33. The zero-order valence-corrected chi connectivity index (χ0v) is 16.4. The molecule has 0 aliphatic rings. The number of hydrogen-bond donors (Lipinski definition) is 0. The molecule has 0 saturated heterocycles. The molecule has 0 fully saturated rings. The van der Waals surface area contributed by atoms with Crippen LogP contribution in [-0.4, -0.2) is 34.5 Å². The number of ether oxygens (including phenoxy) is 2. The summed E-state index contributed by atoms with van der Waals surface area (Å²) in [6, 6.07) is 5.51. The van der Waals surface area contributed by atoms with Crippen molar-refractivity contribution >= 4 is 27.5 Å². The number of thiazole rings is 1. The average molecular weight is 384 g/mol. The number of methoxy groups -OCH3 is 2. The number of aromatic nitrogens is 3. The summed E-state index contributed by atoms with van der Waals surface area (Å²) in [5.41, 5.74) is 1.12. The summed E-state index contributed by atoms with van der Waals surface area (Å²) in [4.78, 5) is 17.3. The van der Waals surface area contributed by atoms with E-state index in [9.17, 15) is 4.79 Å². The number of benzene rings is 1. The molecule has 0 aliphatic heterocycles. The normalized spacial score (nSPS) is 11.8. The highest BCUT2D eigenvalue weighted by molar-refractivity contribution is 7.16. The van der Waals surface area contributed by atoms with Crippen LogP contribution in [0.2, 0.25) is 0 Å². The molecule has 3 rings (SSSR count). The van der Waals surface area contributed by atoms with E-state index in [0.29, 0.717) is 22.0 Å². The van der Waals surface area contributed by atoms with Crippen molar-refractivity contribution in [2.45, 2.75) is 26.4 Å². The maximum absolute atomic E-state index is 12.6. The summed E-state index contributed by atoms with van der Waals surface area (Å²) in [6.45, 7) is 4.26. The molecule has 27 heavy (non-hydrogen) atoms. The van der Waals surface area contributed by atoms with E-state index in [1.165, 1.54) is 11.3 Å². The number of amides is 1. The molecule has 0 aliphatic carbocycles. The van der Waals surface area contributed by atoms with Crippen molar-refractivity contribution in [3.05, 3.63) is 34.9 Å². The highest BCUT2D eigenvalue weighted by Gasteiger charge is 2.14. The maximum Gasteiger partial charge on any atom is 0.300 e. The fourth-order valence-electron chi connectivity index (χ4n) is 2.61. The van der Waals surface area contributed by atoms with E-state index >= 15 is 0 Å². The van der Waals surface area contributed by atoms with Gasteiger partial charge in [-0.15, -0.1) is 6.42 Å². The molecule has 0 N–H and O–H groups in total. The first-order valence-corrected chi connectivity index (χ1v) is 9.13. The molecular formula is C19H20N4O3S. The van der Waals surface area contributed by atoms with Gasteiger partial charge in [0, 0.05) is 24.4 Å². The third-order valence-corrected chi connectivity index (χ3v) is 5.03. The van der Waals surface area contributed by atoms with Crippen molar-refractivity contribution in [1.82, 2.24) is 14.3 Å². The van der Waals surface area contributed by atoms with Crippen molar-refractivity contribution in [1.29, 1.82) is 0 Å². The molecule has 0 saturated carbocycles. The summed E-state index contributed by atoms with van der Waals surface area (Å²) < 4.78 is 15.1. The van der Waals surface area contributed by atoms with E-state index in [1.807, 2.05) is 26.0 Å². The van der Waals surface area contributed by atoms with Crippen molar-refractivity contribution in [3.63, 3.8) is 0 Å². The van der Waals surface area contributed by atoms with Crippen LogP contribution >= 0.6 is 11.3 Å². The number of carbonyl (C=O) groups excluding carboxylic acids is 1. The summed E-state index contributed by atoms with van der Waals surface area (Å²) in [5, 5.41) is 4.28. The summed E-state index contributed by atoms with van der Waals surface area (Å²) in [6.07, 6.45) is 7.29. The van der Waals surface area contributed by atoms with Gasteiger partial charge in [0.05, 0.1) is 31.0 Å². The second kappa shape index (κ2) is 7.68. The lowest BCUT2D eigenvalue weighted by Gasteiger charge is -2.08. The molecule has 2 aromatic heterocycles. The topological polar surface area (TPSA) is 70.6 Å². The molecule has 0 bridgehead atoms. The van der Waals surface area contributed by atoms with E-state index < -0.39 is 5.91 Å². The maximum atomic E-state index is 12.6. The zero-order valence-electron chi connectivity index (χ0n) is 15.6. The first-order valence-electron chi connectivity index (χ1n) is 8.31. The fourth-order valence-corrected chi connectivity index (χ4v) is 3.65. The van der Waals surface area contributed by atoms with E-state index in [-0.39, 0.29) is 12.6 Å². The molecule has 0 unspecified atom stereocenters. The van der Waals surface area contributed by atoms with Crippen LogP contribution < -0.4 is 14.3 Å². The standard InChI is InChI=1S/C19H20N4O3S/c1-6-8-22-14-10-15(25-4)16(26-5)11-17(14)27-19(22)20-18(24)13-7-9-23(21-13)12(2)3/h1,7,9-12H,8H2,2-5H3. The van der Waals surface area contributed by atoms with Gasteiger partial charge in [-0.25, -0.2) is 0 Å². The van der Waals surface area contributed by atoms with Crippen LogP contribution in [0.15, 0.2) is 29.4 Å². The van der Waals surface area contributed by atoms with Gasteiger partial charge < -0.3 is 14.0 Å². The molecule has 0 spiro atoms. The molecule has 1 amide bonds. The van der Waals surface area contributed by atoms with Crippen molar-refractivity contribution < 1.29 is 14.3 Å². The molecular weight excluding hydrogens is 364 g/mol. The zero-order chi connectivity index (χ0) is 19.6. The van der Waals surface area contributed by atoms with Gasteiger partial charge >= 0.3 is 0 Å². The van der Waals surface area contributed by atoms with E-state index in [4.69, 9.17) is 15.9 Å². The second-order valence-electron chi connectivity index (χ2n) is 6.04. The Morgan fingerprint density at radius 2 is 2.04 bits per heavy atom. The van der Waals surface area contributed by atoms with E-state index in [1.54, 1.807) is 35.7 Å². The summed E-state index contributed by atoms with van der Waals surface area (Å²) in [7, 11) is 3.15. The summed E-state index contributed by atoms with van der Waals surface area (Å²) >= 11 is 1.36. The third-order valence-electron chi connectivity index (χ3n) is 3.99. The minimum atomic E-state index is -0.411. The van der Waals surface area contributed by atoms with Gasteiger partial charge in [0.25, 0.3) is 5.91 Å². The van der Waals surface area contributed by atoms with Crippen LogP contribution in [0.25, 0.3) is 10.2 Å². The third kappa shape index (κ3) is 3.59. The van der Waals surface area contributed by atoms with Crippen LogP contribution in [0.4, 0.5) is 0 Å². The SMILES string of the molecule is C#CCn1c(=NC(=O)c2ccn(C(C)C)n2)sc2cc(OC)c(OC)cc21. The predicted octanol–water partition coefficient (Wildman–Crippen LogP) is 2.87. The smallest absolute Gasteiger partial charge is 0.300 e. The molecule has 0 radical (unpaired) electrons. The number of carbonyl (C=O) groups is 1. The van der Waals surface area contributed by atoms with E-state index in [0.717, 1.165) is 10.2 Å². The lowest BCUT2D eigenvalue weighted by atomic mass is 10.3. The number of rotatable bonds is 5. The largest absolute Gasteiger partial charge is 0.493 e. The number of hydrogen-bond acceptors (Lipinski definition) is 5. The monoisotopic (exact) mass is 384 g/mol. The Morgan fingerprint density at radius 3 is 2.63 bits per heavy atom. The minimum Gasteiger partial charge on any atom is -0.493 e. The fraction of sp³-hybridized carbons (Fsp3) is 0.316. The Bertz CT molecular complexity index is 1100. The van der Waals surface area contributed by atoms with Gasteiger partial charge in [0.1, 0.15) is 0 Å². The molecule has 3 aromatic rings. The Balaban J connectivity index is 2.14. The van der Waals surface area contributed by atoms with Gasteiger partial charge in [-0.05, 0) is 19.9 Å². The van der Waals surface area contributed by atoms with Gasteiger partial charge in [-0.1, -0.05) is 17.3 Å². The first kappa shape index (κ1) is 18.7. The van der Waals surface area contributed by atoms with Crippen LogP contribution in [0.1, 0.15) is 30.4 Å². The molecule has 2 heterocycles. The predicted molar refractivity (Wildman–Crippen MR) is 104 cm³/mol. The van der Waals surface area contributed by atoms with Crippen LogP contribution in [0.5, 0.6) is 11.5 Å². The number of fused-ring (bicyclic) bond motifs is 1. The average Bonchev–Trinajstić information content (AvgIpc) is 3.26. The van der Waals surface area contributed by atoms with Crippen molar-refractivity contribution in [3.8, 4) is 23.8 Å². The Morgan fingerprint density at radius 1 is 1.33 bits per heavy atom. The van der Waals surface area contributed by atoms with E-state index in [2.05, 4.69) is 16.0 Å². The quantitative estimate of drug-likeness (QED) is 0.634. The second-order valence-corrected chi connectivity index (χ2v) is 7.05. The number of nitrogens with zero attached hydrogens (tertiary/aromatic N) is 4. The van der Waals surface area contributed by atoms with Gasteiger partial charge in [-0.2, -0.15) is 10.1 Å². The Hall–Kier alpha value is -3.05. The lowest BCUT2D eigenvalue weighted by molar-refractivity contribution is 0.0992. The van der Waals surface area contributed by atoms with Crippen LogP contribution in [0.3, 0.4) is 0 Å². The first-order chi connectivity index (χ1) is 13.0. The molecule has 8 heteroatoms. The van der Waals surface area contributed by atoms with Gasteiger partial charge in [0.15, 0.2) is 22.0 Å². The highest BCUT2D eigenvalue weighted by atomic mass is 32.1. The van der Waals surface area contributed by atoms with Gasteiger partial charge in [-0.3, -0.25) is 9.48 Å². The Labute approximate surface area is 160 Å².